The number of carbonyl (C=O) groups excluding carboxylic acids is 2. The lowest BCUT2D eigenvalue weighted by atomic mass is 10.1. The van der Waals surface area contributed by atoms with E-state index in [1.165, 1.54) is 18.3 Å². The Morgan fingerprint density at radius 3 is 2.74 bits per heavy atom. The molecule has 2 amide bonds. The van der Waals surface area contributed by atoms with Gasteiger partial charge in [0.15, 0.2) is 11.5 Å². The van der Waals surface area contributed by atoms with Crippen molar-refractivity contribution >= 4 is 17.6 Å². The third kappa shape index (κ3) is 5.93. The molecule has 1 aromatic heterocycles. The van der Waals surface area contributed by atoms with Gasteiger partial charge in [-0.05, 0) is 55.6 Å². The number of piperidine rings is 1. The van der Waals surface area contributed by atoms with Gasteiger partial charge < -0.3 is 21.7 Å². The summed E-state index contributed by atoms with van der Waals surface area (Å²) in [6, 6.07) is 13.1. The molecule has 176 valence electrons. The van der Waals surface area contributed by atoms with E-state index in [1.807, 2.05) is 0 Å². The smallest absolute Gasteiger partial charge is 0.274 e. The predicted molar refractivity (Wildman–Crippen MR) is 128 cm³/mol. The van der Waals surface area contributed by atoms with E-state index in [-0.39, 0.29) is 35.2 Å². The molecule has 5 N–H and O–H groups in total. The van der Waals surface area contributed by atoms with Gasteiger partial charge in [0, 0.05) is 30.3 Å². The Kier molecular flexibility index (Phi) is 7.44. The molecular weight excluding hydrogens is 435 g/mol. The van der Waals surface area contributed by atoms with Crippen LogP contribution in [0.5, 0.6) is 0 Å². The number of halogens is 1. The summed E-state index contributed by atoms with van der Waals surface area (Å²) in [6.07, 6.45) is 3.96. The molecule has 1 unspecified atom stereocenters. The number of nitrogens with two attached hydrogens (primary N) is 1. The summed E-state index contributed by atoms with van der Waals surface area (Å²) < 4.78 is 13.0. The van der Waals surface area contributed by atoms with Crippen LogP contribution in [0.25, 0.3) is 11.3 Å². The van der Waals surface area contributed by atoms with Crippen molar-refractivity contribution in [1.29, 1.82) is 0 Å². The van der Waals surface area contributed by atoms with Crippen LogP contribution < -0.4 is 21.7 Å². The topological polar surface area (TPSA) is 122 Å². The summed E-state index contributed by atoms with van der Waals surface area (Å²) in [5, 5.41) is 9.07. The third-order valence-electron chi connectivity index (χ3n) is 5.68. The molecule has 0 aliphatic carbocycles. The first kappa shape index (κ1) is 23.3. The van der Waals surface area contributed by atoms with Gasteiger partial charge in [-0.3, -0.25) is 9.59 Å². The fourth-order valence-corrected chi connectivity index (χ4v) is 3.83. The third-order valence-corrected chi connectivity index (χ3v) is 5.68. The summed E-state index contributed by atoms with van der Waals surface area (Å²) in [4.78, 5) is 33.9. The van der Waals surface area contributed by atoms with E-state index in [4.69, 9.17) is 5.73 Å². The zero-order chi connectivity index (χ0) is 23.9. The van der Waals surface area contributed by atoms with Crippen LogP contribution in [0.1, 0.15) is 39.3 Å². The number of hydrogen-bond acceptors (Lipinski definition) is 6. The summed E-state index contributed by atoms with van der Waals surface area (Å²) in [5.41, 5.74) is 8.47. The molecule has 0 bridgehead atoms. The first-order chi connectivity index (χ1) is 16.5. The van der Waals surface area contributed by atoms with E-state index in [0.717, 1.165) is 24.9 Å². The van der Waals surface area contributed by atoms with Crippen LogP contribution in [-0.2, 0) is 6.42 Å². The molecule has 0 saturated carbocycles. The normalized spacial score (nSPS) is 15.5. The predicted octanol–water partition coefficient (Wildman–Crippen LogP) is 2.32. The van der Waals surface area contributed by atoms with Gasteiger partial charge in [0.05, 0.1) is 11.9 Å². The fourth-order valence-electron chi connectivity index (χ4n) is 3.83. The summed E-state index contributed by atoms with van der Waals surface area (Å²) in [7, 11) is 0. The van der Waals surface area contributed by atoms with Gasteiger partial charge in [0.2, 0.25) is 0 Å². The van der Waals surface area contributed by atoms with Crippen molar-refractivity contribution in [1.82, 2.24) is 25.9 Å². The Hall–Kier alpha value is -3.85. The number of benzene rings is 2. The summed E-state index contributed by atoms with van der Waals surface area (Å²) >= 11 is 0. The minimum Gasteiger partial charge on any atom is -0.382 e. The number of nitrogens with zero attached hydrogens (tertiary/aromatic N) is 2. The van der Waals surface area contributed by atoms with E-state index in [2.05, 4.69) is 25.9 Å². The van der Waals surface area contributed by atoms with Crippen molar-refractivity contribution < 1.29 is 14.0 Å². The van der Waals surface area contributed by atoms with Gasteiger partial charge in [0.25, 0.3) is 11.8 Å². The maximum Gasteiger partial charge on any atom is 0.274 e. The van der Waals surface area contributed by atoms with Gasteiger partial charge in [0.1, 0.15) is 5.82 Å². The second-order valence-electron chi connectivity index (χ2n) is 8.22. The Morgan fingerprint density at radius 1 is 1.15 bits per heavy atom. The molecule has 1 atom stereocenters. The Bertz CT molecular complexity index is 1160. The number of nitrogen functional groups attached to an aromatic ring is 1. The minimum absolute atomic E-state index is 0.0213. The fraction of sp³-hybridized carbons (Fsp3) is 0.280. The van der Waals surface area contributed by atoms with Crippen molar-refractivity contribution in [3.8, 4) is 11.3 Å². The maximum absolute atomic E-state index is 13.0. The van der Waals surface area contributed by atoms with Crippen molar-refractivity contribution in [2.75, 3.05) is 25.4 Å². The van der Waals surface area contributed by atoms with Gasteiger partial charge in [-0.25, -0.2) is 14.4 Å². The van der Waals surface area contributed by atoms with E-state index in [9.17, 15) is 14.0 Å². The standard InChI is InChI=1S/C25H27FN6O2/c26-19-8-6-16(7-9-19)10-12-29-24(33)18-4-1-3-17(13-18)21-15-30-23(27)22(32-21)25(34)31-20-5-2-11-28-14-20/h1,3-4,6-9,13,15,20,28H,2,5,10-12,14H2,(H2,27,30)(H,29,33)(H,31,34). The number of hydrogen-bond donors (Lipinski definition) is 4. The summed E-state index contributed by atoms with van der Waals surface area (Å²) in [6.45, 7) is 2.06. The molecule has 0 spiro atoms. The molecule has 0 radical (unpaired) electrons. The largest absolute Gasteiger partial charge is 0.382 e. The Labute approximate surface area is 197 Å². The van der Waals surface area contributed by atoms with Crippen molar-refractivity contribution in [3.63, 3.8) is 0 Å². The molecule has 2 heterocycles. The van der Waals surface area contributed by atoms with Crippen molar-refractivity contribution in [3.05, 3.63) is 77.4 Å². The van der Waals surface area contributed by atoms with Crippen molar-refractivity contribution in [2.24, 2.45) is 0 Å². The van der Waals surface area contributed by atoms with Crippen LogP contribution >= 0.6 is 0 Å². The molecule has 1 aliphatic heterocycles. The molecule has 2 aromatic carbocycles. The second kappa shape index (κ2) is 10.8. The van der Waals surface area contributed by atoms with E-state index >= 15 is 0 Å². The van der Waals surface area contributed by atoms with Crippen LogP contribution in [0.2, 0.25) is 0 Å². The van der Waals surface area contributed by atoms with Gasteiger partial charge >= 0.3 is 0 Å². The van der Waals surface area contributed by atoms with Crippen LogP contribution in [0.4, 0.5) is 10.2 Å². The highest BCUT2D eigenvalue weighted by atomic mass is 19.1. The molecule has 4 rings (SSSR count). The highest BCUT2D eigenvalue weighted by molar-refractivity contribution is 5.97. The zero-order valence-corrected chi connectivity index (χ0v) is 18.7. The lowest BCUT2D eigenvalue weighted by molar-refractivity contribution is 0.0924. The lowest BCUT2D eigenvalue weighted by Crippen LogP contribution is -2.46. The highest BCUT2D eigenvalue weighted by Gasteiger charge is 2.20. The van der Waals surface area contributed by atoms with Gasteiger partial charge in [-0.15, -0.1) is 0 Å². The molecular formula is C25H27FN6O2. The SMILES string of the molecule is Nc1ncc(-c2cccc(C(=O)NCCc3ccc(F)cc3)c2)nc1C(=O)NC1CCCNC1. The first-order valence-electron chi connectivity index (χ1n) is 11.3. The molecule has 1 fully saturated rings. The molecule has 8 nitrogen and oxygen atoms in total. The number of aromatic nitrogens is 2. The average molecular weight is 463 g/mol. The Balaban J connectivity index is 1.43. The van der Waals surface area contributed by atoms with E-state index in [0.29, 0.717) is 36.3 Å². The first-order valence-corrected chi connectivity index (χ1v) is 11.3. The van der Waals surface area contributed by atoms with Crippen LogP contribution in [0.15, 0.2) is 54.7 Å². The molecule has 1 aliphatic rings. The highest BCUT2D eigenvalue weighted by Crippen LogP contribution is 2.20. The molecule has 9 heteroatoms. The zero-order valence-electron chi connectivity index (χ0n) is 18.7. The van der Waals surface area contributed by atoms with E-state index < -0.39 is 0 Å². The lowest BCUT2D eigenvalue weighted by Gasteiger charge is -2.23. The number of carbonyl (C=O) groups is 2. The molecule has 3 aromatic rings. The van der Waals surface area contributed by atoms with Gasteiger partial charge in [-0.2, -0.15) is 0 Å². The number of nitrogens with one attached hydrogen (secondary N) is 3. The second-order valence-corrected chi connectivity index (χ2v) is 8.22. The summed E-state index contributed by atoms with van der Waals surface area (Å²) in [5.74, 6) is -0.841. The molecule has 34 heavy (non-hydrogen) atoms. The van der Waals surface area contributed by atoms with Gasteiger partial charge in [-0.1, -0.05) is 24.3 Å². The molecule has 1 saturated heterocycles. The van der Waals surface area contributed by atoms with E-state index in [1.54, 1.807) is 36.4 Å². The van der Waals surface area contributed by atoms with Crippen molar-refractivity contribution in [2.45, 2.75) is 25.3 Å². The quantitative estimate of drug-likeness (QED) is 0.428. The average Bonchev–Trinajstić information content (AvgIpc) is 2.86. The Morgan fingerprint density at radius 2 is 1.97 bits per heavy atom. The number of anilines is 1. The monoisotopic (exact) mass is 462 g/mol. The number of amides is 2. The van der Waals surface area contributed by atoms with Crippen LogP contribution in [0, 0.1) is 5.82 Å². The van der Waals surface area contributed by atoms with Crippen LogP contribution in [-0.4, -0.2) is 47.5 Å². The minimum atomic E-state index is -0.366. The number of rotatable bonds is 7. The van der Waals surface area contributed by atoms with Crippen LogP contribution in [0.3, 0.4) is 0 Å². The maximum atomic E-state index is 13.0.